The molecule has 2 fully saturated rings. The fourth-order valence-electron chi connectivity index (χ4n) is 4.47. The summed E-state index contributed by atoms with van der Waals surface area (Å²) in [6, 6.07) is 7.79. The number of carbonyl (C=O) groups excluding carboxylic acids is 2. The van der Waals surface area contributed by atoms with Gasteiger partial charge in [0.25, 0.3) is 5.91 Å². The third kappa shape index (κ3) is 4.89. The van der Waals surface area contributed by atoms with Crippen molar-refractivity contribution in [2.75, 3.05) is 24.7 Å². The van der Waals surface area contributed by atoms with Gasteiger partial charge in [0.05, 0.1) is 10.7 Å². The molecule has 2 aromatic rings. The van der Waals surface area contributed by atoms with Gasteiger partial charge in [0.2, 0.25) is 5.91 Å². The van der Waals surface area contributed by atoms with Crippen molar-refractivity contribution < 1.29 is 9.59 Å². The number of carbonyl (C=O) groups is 2. The summed E-state index contributed by atoms with van der Waals surface area (Å²) >= 11 is 3.17. The number of hydrogen-bond donors (Lipinski definition) is 1. The van der Waals surface area contributed by atoms with E-state index >= 15 is 0 Å². The highest BCUT2D eigenvalue weighted by atomic mass is 32.2. The van der Waals surface area contributed by atoms with E-state index in [0.29, 0.717) is 17.5 Å². The number of nitrogens with one attached hydrogen (secondary N) is 1. The summed E-state index contributed by atoms with van der Waals surface area (Å²) in [7, 11) is 0. The van der Waals surface area contributed by atoms with Crippen LogP contribution in [0.3, 0.4) is 0 Å². The Morgan fingerprint density at radius 3 is 2.57 bits per heavy atom. The molecule has 0 bridgehead atoms. The second-order valence-corrected chi connectivity index (χ2v) is 9.90. The van der Waals surface area contributed by atoms with Crippen molar-refractivity contribution >= 4 is 40.6 Å². The van der Waals surface area contributed by atoms with Crippen LogP contribution in [0.5, 0.6) is 0 Å². The Kier molecular flexibility index (Phi) is 7.10. The highest BCUT2D eigenvalue weighted by molar-refractivity contribution is 7.98. The molecule has 7 heteroatoms. The number of hydrogen-bond acceptors (Lipinski definition) is 5. The number of anilines is 1. The molecule has 1 aliphatic heterocycles. The largest absolute Gasteiger partial charge is 0.342 e. The van der Waals surface area contributed by atoms with Crippen LogP contribution in [0.4, 0.5) is 5.69 Å². The Hall–Kier alpha value is -1.86. The first-order chi connectivity index (χ1) is 14.7. The Balaban J connectivity index is 1.33. The predicted molar refractivity (Wildman–Crippen MR) is 123 cm³/mol. The molecule has 1 aromatic heterocycles. The Labute approximate surface area is 186 Å². The SMILES string of the molecule is CSc1ccccc1NC(=O)c1csc(C2CCN(C(=O)C3CCCCC3)CC2)n1. The number of nitrogens with zero attached hydrogens (tertiary/aromatic N) is 2. The Bertz CT molecular complexity index is 884. The molecule has 0 atom stereocenters. The van der Waals surface area contributed by atoms with E-state index in [1.54, 1.807) is 23.1 Å². The lowest BCUT2D eigenvalue weighted by Gasteiger charge is -2.34. The monoisotopic (exact) mass is 443 g/mol. The number of benzene rings is 1. The van der Waals surface area contributed by atoms with E-state index in [1.807, 2.05) is 35.9 Å². The number of piperidine rings is 1. The molecule has 0 radical (unpaired) electrons. The number of rotatable bonds is 5. The fourth-order valence-corrected chi connectivity index (χ4v) is 5.99. The number of amides is 2. The second kappa shape index (κ2) is 9.96. The van der Waals surface area contributed by atoms with Crippen LogP contribution in [0.1, 0.15) is 66.4 Å². The molecule has 2 aliphatic rings. The van der Waals surface area contributed by atoms with Gasteiger partial charge in [0, 0.05) is 35.2 Å². The van der Waals surface area contributed by atoms with E-state index in [0.717, 1.165) is 54.4 Å². The minimum Gasteiger partial charge on any atom is -0.342 e. The molecule has 0 unspecified atom stereocenters. The summed E-state index contributed by atoms with van der Waals surface area (Å²) in [6.07, 6.45) is 9.64. The van der Waals surface area contributed by atoms with Crippen molar-refractivity contribution in [2.24, 2.45) is 5.92 Å². The molecule has 0 spiro atoms. The average molecular weight is 444 g/mol. The summed E-state index contributed by atoms with van der Waals surface area (Å²) in [5.41, 5.74) is 1.30. The third-order valence-corrected chi connectivity index (χ3v) is 8.02. The standard InChI is InChI=1S/C23H29N3O2S2/c1-29-20-10-6-5-9-18(20)24-21(27)19-15-30-22(25-19)16-11-13-26(14-12-16)23(28)17-7-3-2-4-8-17/h5-6,9-10,15-17H,2-4,7-8,11-14H2,1H3,(H,24,27). The predicted octanol–water partition coefficient (Wildman–Crippen LogP) is 5.40. The van der Waals surface area contributed by atoms with Crippen LogP contribution in [-0.4, -0.2) is 41.0 Å². The zero-order valence-electron chi connectivity index (χ0n) is 17.4. The number of likely N-dealkylation sites (tertiary alicyclic amines) is 1. The smallest absolute Gasteiger partial charge is 0.275 e. The van der Waals surface area contributed by atoms with Crippen molar-refractivity contribution in [3.63, 3.8) is 0 Å². The average Bonchev–Trinajstić information content (AvgIpc) is 3.30. The zero-order chi connectivity index (χ0) is 20.9. The van der Waals surface area contributed by atoms with Crippen molar-refractivity contribution in [2.45, 2.75) is 55.8 Å². The lowest BCUT2D eigenvalue weighted by Crippen LogP contribution is -2.41. The summed E-state index contributed by atoms with van der Waals surface area (Å²) in [5, 5.41) is 5.85. The van der Waals surface area contributed by atoms with Gasteiger partial charge in [0.1, 0.15) is 5.69 Å². The minimum absolute atomic E-state index is 0.163. The quantitative estimate of drug-likeness (QED) is 0.628. The first kappa shape index (κ1) is 21.4. The maximum absolute atomic E-state index is 12.8. The minimum atomic E-state index is -0.163. The van der Waals surface area contributed by atoms with Crippen LogP contribution < -0.4 is 5.32 Å². The summed E-state index contributed by atoms with van der Waals surface area (Å²) in [5.74, 6) is 0.781. The van der Waals surface area contributed by atoms with Crippen LogP contribution in [0.2, 0.25) is 0 Å². The van der Waals surface area contributed by atoms with Crippen LogP contribution in [0.15, 0.2) is 34.5 Å². The van der Waals surface area contributed by atoms with E-state index in [2.05, 4.69) is 15.2 Å². The van der Waals surface area contributed by atoms with E-state index in [1.165, 1.54) is 19.3 Å². The molecule has 2 amide bonds. The third-order valence-electron chi connectivity index (χ3n) is 6.22. The first-order valence-electron chi connectivity index (χ1n) is 10.8. The van der Waals surface area contributed by atoms with Crippen LogP contribution in [0, 0.1) is 5.92 Å². The van der Waals surface area contributed by atoms with Crippen molar-refractivity contribution in [1.82, 2.24) is 9.88 Å². The van der Waals surface area contributed by atoms with Gasteiger partial charge in [-0.3, -0.25) is 9.59 Å². The fraction of sp³-hybridized carbons (Fsp3) is 0.522. The highest BCUT2D eigenvalue weighted by Crippen LogP contribution is 2.33. The number of aromatic nitrogens is 1. The zero-order valence-corrected chi connectivity index (χ0v) is 19.1. The van der Waals surface area contributed by atoms with Crippen molar-refractivity contribution in [1.29, 1.82) is 0 Å². The highest BCUT2D eigenvalue weighted by Gasteiger charge is 2.30. The molecule has 4 rings (SSSR count). The maximum atomic E-state index is 12.8. The van der Waals surface area contributed by atoms with Gasteiger partial charge in [-0.2, -0.15) is 0 Å². The van der Waals surface area contributed by atoms with E-state index in [4.69, 9.17) is 0 Å². The number of thioether (sulfide) groups is 1. The van der Waals surface area contributed by atoms with Gasteiger partial charge in [-0.15, -0.1) is 23.1 Å². The van der Waals surface area contributed by atoms with Crippen molar-refractivity contribution in [3.8, 4) is 0 Å². The summed E-state index contributed by atoms with van der Waals surface area (Å²) in [6.45, 7) is 1.62. The number of thiazole rings is 1. The molecule has 1 saturated heterocycles. The first-order valence-corrected chi connectivity index (χ1v) is 12.9. The van der Waals surface area contributed by atoms with Gasteiger partial charge in [-0.05, 0) is 44.1 Å². The lowest BCUT2D eigenvalue weighted by atomic mass is 9.87. The molecular formula is C23H29N3O2S2. The van der Waals surface area contributed by atoms with Gasteiger partial charge >= 0.3 is 0 Å². The second-order valence-electron chi connectivity index (χ2n) is 8.16. The van der Waals surface area contributed by atoms with Gasteiger partial charge in [0.15, 0.2) is 0 Å². The van der Waals surface area contributed by atoms with Gasteiger partial charge < -0.3 is 10.2 Å². The van der Waals surface area contributed by atoms with Gasteiger partial charge in [-0.25, -0.2) is 4.98 Å². The van der Waals surface area contributed by atoms with E-state index in [9.17, 15) is 9.59 Å². The maximum Gasteiger partial charge on any atom is 0.275 e. The topological polar surface area (TPSA) is 62.3 Å². The Morgan fingerprint density at radius 1 is 1.10 bits per heavy atom. The molecule has 160 valence electrons. The lowest BCUT2D eigenvalue weighted by molar-refractivity contribution is -0.137. The molecule has 30 heavy (non-hydrogen) atoms. The van der Waals surface area contributed by atoms with Crippen LogP contribution >= 0.6 is 23.1 Å². The molecular weight excluding hydrogens is 414 g/mol. The summed E-state index contributed by atoms with van der Waals surface area (Å²) < 4.78 is 0. The van der Waals surface area contributed by atoms with Crippen molar-refractivity contribution in [3.05, 3.63) is 40.3 Å². The van der Waals surface area contributed by atoms with E-state index in [-0.39, 0.29) is 11.8 Å². The normalized spacial score (nSPS) is 18.4. The summed E-state index contributed by atoms with van der Waals surface area (Å²) in [4.78, 5) is 33.2. The molecule has 1 N–H and O–H groups in total. The number of para-hydroxylation sites is 1. The molecule has 5 nitrogen and oxygen atoms in total. The molecule has 1 saturated carbocycles. The Morgan fingerprint density at radius 2 is 1.83 bits per heavy atom. The van der Waals surface area contributed by atoms with Crippen LogP contribution in [-0.2, 0) is 4.79 Å². The molecule has 2 heterocycles. The van der Waals surface area contributed by atoms with Gasteiger partial charge in [-0.1, -0.05) is 31.4 Å². The van der Waals surface area contributed by atoms with E-state index < -0.39 is 0 Å². The molecule has 1 aromatic carbocycles. The van der Waals surface area contributed by atoms with Crippen LogP contribution in [0.25, 0.3) is 0 Å². The molecule has 1 aliphatic carbocycles.